The third-order valence-corrected chi connectivity index (χ3v) is 4.47. The van der Waals surface area contributed by atoms with Crippen LogP contribution in [0.15, 0.2) is 0 Å². The molecule has 3 unspecified atom stereocenters. The highest BCUT2D eigenvalue weighted by Crippen LogP contribution is 2.32. The van der Waals surface area contributed by atoms with Gasteiger partial charge in [0.1, 0.15) is 0 Å². The number of carbonyl (C=O) groups excluding carboxylic acids is 1. The lowest BCUT2D eigenvalue weighted by Gasteiger charge is -2.28. The Kier molecular flexibility index (Phi) is 5.01. The maximum absolute atomic E-state index is 12.6. The van der Waals surface area contributed by atoms with Gasteiger partial charge in [-0.25, -0.2) is 0 Å². The first kappa shape index (κ1) is 13.8. The summed E-state index contributed by atoms with van der Waals surface area (Å²) >= 11 is 0. The first-order valence-corrected chi connectivity index (χ1v) is 7.32. The Morgan fingerprint density at radius 2 is 2.22 bits per heavy atom. The van der Waals surface area contributed by atoms with Crippen LogP contribution in [0.4, 0.5) is 0 Å². The van der Waals surface area contributed by atoms with Crippen molar-refractivity contribution in [1.82, 2.24) is 4.90 Å². The molecular weight excluding hydrogens is 228 g/mol. The molecule has 2 N–H and O–H groups in total. The van der Waals surface area contributed by atoms with Crippen molar-refractivity contribution in [2.75, 3.05) is 32.8 Å². The molecule has 1 amide bonds. The molecule has 104 valence electrons. The molecule has 3 atom stereocenters. The van der Waals surface area contributed by atoms with Crippen LogP contribution in [0, 0.1) is 17.8 Å². The van der Waals surface area contributed by atoms with Crippen LogP contribution < -0.4 is 5.73 Å². The summed E-state index contributed by atoms with van der Waals surface area (Å²) < 4.78 is 5.39. The molecule has 4 nitrogen and oxygen atoms in total. The van der Waals surface area contributed by atoms with Crippen LogP contribution in [-0.4, -0.2) is 43.7 Å². The predicted molar refractivity (Wildman–Crippen MR) is 71.1 cm³/mol. The topological polar surface area (TPSA) is 55.6 Å². The number of ether oxygens (including phenoxy) is 1. The SMILES string of the molecule is CCN(CC1CCOC1)C(=O)C1CCCC1CN. The van der Waals surface area contributed by atoms with Crippen LogP contribution in [0.1, 0.15) is 32.6 Å². The molecule has 1 heterocycles. The van der Waals surface area contributed by atoms with Gasteiger partial charge in [0.15, 0.2) is 0 Å². The number of nitrogens with zero attached hydrogens (tertiary/aromatic N) is 1. The lowest BCUT2D eigenvalue weighted by Crippen LogP contribution is -2.41. The molecule has 0 aromatic carbocycles. The predicted octanol–water partition coefficient (Wildman–Crippen LogP) is 1.25. The molecule has 4 heteroatoms. The summed E-state index contributed by atoms with van der Waals surface area (Å²) in [5.74, 6) is 1.45. The molecule has 1 aliphatic heterocycles. The van der Waals surface area contributed by atoms with E-state index in [1.165, 1.54) is 0 Å². The number of amides is 1. The lowest BCUT2D eigenvalue weighted by molar-refractivity contribution is -0.137. The maximum Gasteiger partial charge on any atom is 0.226 e. The highest BCUT2D eigenvalue weighted by atomic mass is 16.5. The van der Waals surface area contributed by atoms with E-state index in [0.717, 1.165) is 52.0 Å². The first-order valence-electron chi connectivity index (χ1n) is 7.32. The summed E-state index contributed by atoms with van der Waals surface area (Å²) in [6, 6.07) is 0. The van der Waals surface area contributed by atoms with Crippen molar-refractivity contribution in [3.05, 3.63) is 0 Å². The van der Waals surface area contributed by atoms with Gasteiger partial charge in [0.2, 0.25) is 5.91 Å². The van der Waals surface area contributed by atoms with E-state index in [2.05, 4.69) is 6.92 Å². The fraction of sp³-hybridized carbons (Fsp3) is 0.929. The average Bonchev–Trinajstić information content (AvgIpc) is 3.05. The zero-order chi connectivity index (χ0) is 13.0. The summed E-state index contributed by atoms with van der Waals surface area (Å²) in [6.45, 7) is 6.06. The molecule has 0 radical (unpaired) electrons. The van der Waals surface area contributed by atoms with Crippen LogP contribution in [0.2, 0.25) is 0 Å². The Morgan fingerprint density at radius 1 is 1.39 bits per heavy atom. The summed E-state index contributed by atoms with van der Waals surface area (Å²) in [5.41, 5.74) is 5.78. The number of rotatable bonds is 5. The van der Waals surface area contributed by atoms with Gasteiger partial charge in [-0.15, -0.1) is 0 Å². The van der Waals surface area contributed by atoms with E-state index in [0.29, 0.717) is 24.3 Å². The Morgan fingerprint density at radius 3 is 2.83 bits per heavy atom. The molecule has 0 aromatic heterocycles. The van der Waals surface area contributed by atoms with Crippen molar-refractivity contribution in [2.24, 2.45) is 23.5 Å². The van der Waals surface area contributed by atoms with Gasteiger partial charge in [0.05, 0.1) is 6.61 Å². The second-order valence-electron chi connectivity index (χ2n) is 5.64. The standard InChI is InChI=1S/C14H26N2O2/c1-2-16(9-11-6-7-18-10-11)14(17)13-5-3-4-12(13)8-15/h11-13H,2-10,15H2,1H3. The van der Waals surface area contributed by atoms with Gasteiger partial charge in [-0.1, -0.05) is 6.42 Å². The Labute approximate surface area is 110 Å². The molecule has 0 bridgehead atoms. The van der Waals surface area contributed by atoms with E-state index in [1.807, 2.05) is 4.90 Å². The van der Waals surface area contributed by atoms with Crippen molar-refractivity contribution in [1.29, 1.82) is 0 Å². The molecule has 1 saturated heterocycles. The van der Waals surface area contributed by atoms with E-state index in [1.54, 1.807) is 0 Å². The molecule has 2 aliphatic rings. The third-order valence-electron chi connectivity index (χ3n) is 4.47. The largest absolute Gasteiger partial charge is 0.381 e. The number of carbonyl (C=O) groups is 1. The average molecular weight is 254 g/mol. The van der Waals surface area contributed by atoms with Gasteiger partial charge < -0.3 is 15.4 Å². The summed E-state index contributed by atoms with van der Waals surface area (Å²) in [5, 5.41) is 0. The van der Waals surface area contributed by atoms with Gasteiger partial charge >= 0.3 is 0 Å². The van der Waals surface area contributed by atoms with E-state index < -0.39 is 0 Å². The normalized spacial score (nSPS) is 31.8. The minimum Gasteiger partial charge on any atom is -0.381 e. The van der Waals surface area contributed by atoms with E-state index >= 15 is 0 Å². The molecule has 2 rings (SSSR count). The van der Waals surface area contributed by atoms with Crippen molar-refractivity contribution >= 4 is 5.91 Å². The second-order valence-corrected chi connectivity index (χ2v) is 5.64. The molecule has 1 aliphatic carbocycles. The molecule has 0 spiro atoms. The Hall–Kier alpha value is -0.610. The zero-order valence-electron chi connectivity index (χ0n) is 11.4. The lowest BCUT2D eigenvalue weighted by atomic mass is 9.94. The zero-order valence-corrected chi connectivity index (χ0v) is 11.4. The Bertz CT molecular complexity index is 277. The summed E-state index contributed by atoms with van der Waals surface area (Å²) in [4.78, 5) is 14.6. The third kappa shape index (κ3) is 3.04. The molecule has 2 fully saturated rings. The first-order chi connectivity index (χ1) is 8.76. The summed E-state index contributed by atoms with van der Waals surface area (Å²) in [6.07, 6.45) is 4.40. The fourth-order valence-corrected chi connectivity index (χ4v) is 3.29. The Balaban J connectivity index is 1.91. The van der Waals surface area contributed by atoms with Crippen LogP contribution >= 0.6 is 0 Å². The van der Waals surface area contributed by atoms with Crippen LogP contribution in [0.25, 0.3) is 0 Å². The number of hydrogen-bond acceptors (Lipinski definition) is 3. The van der Waals surface area contributed by atoms with Crippen molar-refractivity contribution < 1.29 is 9.53 Å². The maximum atomic E-state index is 12.6. The van der Waals surface area contributed by atoms with Gasteiger partial charge in [0, 0.05) is 31.5 Å². The quantitative estimate of drug-likeness (QED) is 0.803. The second kappa shape index (κ2) is 6.53. The van der Waals surface area contributed by atoms with Gasteiger partial charge in [0.25, 0.3) is 0 Å². The van der Waals surface area contributed by atoms with Gasteiger partial charge in [-0.05, 0) is 38.6 Å². The molecule has 0 aromatic rings. The van der Waals surface area contributed by atoms with Crippen molar-refractivity contribution in [2.45, 2.75) is 32.6 Å². The van der Waals surface area contributed by atoms with Gasteiger partial charge in [-0.3, -0.25) is 4.79 Å². The van der Waals surface area contributed by atoms with Crippen molar-refractivity contribution in [3.63, 3.8) is 0 Å². The summed E-state index contributed by atoms with van der Waals surface area (Å²) in [7, 11) is 0. The molecule has 18 heavy (non-hydrogen) atoms. The smallest absolute Gasteiger partial charge is 0.226 e. The minimum absolute atomic E-state index is 0.178. The minimum atomic E-state index is 0.178. The van der Waals surface area contributed by atoms with Gasteiger partial charge in [-0.2, -0.15) is 0 Å². The van der Waals surface area contributed by atoms with Crippen LogP contribution in [0.3, 0.4) is 0 Å². The van der Waals surface area contributed by atoms with Crippen LogP contribution in [0.5, 0.6) is 0 Å². The van der Waals surface area contributed by atoms with E-state index in [9.17, 15) is 4.79 Å². The monoisotopic (exact) mass is 254 g/mol. The van der Waals surface area contributed by atoms with E-state index in [-0.39, 0.29) is 5.92 Å². The number of hydrogen-bond donors (Lipinski definition) is 1. The molecular formula is C14H26N2O2. The highest BCUT2D eigenvalue weighted by molar-refractivity contribution is 5.79. The van der Waals surface area contributed by atoms with Crippen molar-refractivity contribution in [3.8, 4) is 0 Å². The molecule has 1 saturated carbocycles. The fourth-order valence-electron chi connectivity index (χ4n) is 3.29. The van der Waals surface area contributed by atoms with E-state index in [4.69, 9.17) is 10.5 Å². The number of nitrogens with two attached hydrogens (primary N) is 1. The highest BCUT2D eigenvalue weighted by Gasteiger charge is 2.35. The van der Waals surface area contributed by atoms with Crippen LogP contribution in [-0.2, 0) is 9.53 Å².